The molecule has 0 saturated carbocycles. The number of hydrogen-bond acceptors (Lipinski definition) is 18. The van der Waals surface area contributed by atoms with Gasteiger partial charge in [-0.2, -0.15) is 23.7 Å². The third-order valence-corrected chi connectivity index (χ3v) is 18.5. The molecule has 4 N–H and O–H groups in total. The number of hydrogen-bond donors (Lipinski definition) is 4. The van der Waals surface area contributed by atoms with E-state index in [4.69, 9.17) is 39.9 Å². The molecule has 30 heteroatoms. The van der Waals surface area contributed by atoms with Crippen molar-refractivity contribution in [1.29, 1.82) is 10.5 Å². The largest absolute Gasteiger partial charge is 1.00 e. The van der Waals surface area contributed by atoms with Crippen molar-refractivity contribution >= 4 is 40.6 Å². The lowest BCUT2D eigenvalue weighted by Gasteiger charge is -2.32. The fourth-order valence-corrected chi connectivity index (χ4v) is 13.0. The van der Waals surface area contributed by atoms with Gasteiger partial charge in [-0.25, -0.2) is 36.7 Å². The van der Waals surface area contributed by atoms with Gasteiger partial charge in [0.2, 0.25) is 12.7 Å². The summed E-state index contributed by atoms with van der Waals surface area (Å²) in [7, 11) is 0. The summed E-state index contributed by atoms with van der Waals surface area (Å²) in [4.78, 5) is 42.9. The number of carboxylic acids is 1. The standard InChI is InChI=1S/2C36H37F2N6O3S.C2HF3O2.BrH/c2*1-22(2)40-16-33(45)47-34-23(3)12-27(13-24(34)4)17-43-20-41-44(21-43)19-36(46,30-11-10-29(37)14-31(30)38)25(5)35-42-32(18-48-35)28-8-6-26(15-39)7-9-28;3-2(4,5)1(6)7;/h2*6-14,18,20-22,25,40,46H,16-17,19H2,1-5H3;(H,6,7);1H/q2*+1;;/p-2/t2*25-,36+;;/m00../s1. The van der Waals surface area contributed by atoms with E-state index in [1.165, 1.54) is 44.2 Å². The molecule has 0 radical (unpaired) electrons. The Labute approximate surface area is 614 Å². The van der Waals surface area contributed by atoms with E-state index in [9.17, 15) is 41.8 Å². The van der Waals surface area contributed by atoms with E-state index in [0.717, 1.165) is 68.8 Å². The zero-order valence-electron chi connectivity index (χ0n) is 58.1. The Bertz CT molecular complexity index is 4420. The summed E-state index contributed by atoms with van der Waals surface area (Å²) in [5.74, 6) is -7.36. The lowest BCUT2D eigenvalue weighted by atomic mass is 9.82. The number of rotatable bonds is 24. The number of benzene rings is 6. The number of esters is 2. The van der Waals surface area contributed by atoms with E-state index in [1.54, 1.807) is 87.7 Å². The first kappa shape index (κ1) is 81.4. The number of nitrogens with one attached hydrogen (secondary N) is 2. The molecule has 6 aromatic carbocycles. The first-order chi connectivity index (χ1) is 48.7. The van der Waals surface area contributed by atoms with Crippen LogP contribution in [0.1, 0.15) is 119 Å². The van der Waals surface area contributed by atoms with Crippen LogP contribution in [-0.2, 0) is 51.8 Å². The van der Waals surface area contributed by atoms with Crippen LogP contribution in [0.5, 0.6) is 11.5 Å². The van der Waals surface area contributed by atoms with Crippen LogP contribution < -0.4 is 51.3 Å². The number of alkyl halides is 3. The van der Waals surface area contributed by atoms with Gasteiger partial charge in [-0.3, -0.25) is 9.59 Å². The predicted molar refractivity (Wildman–Crippen MR) is 365 cm³/mol. The fourth-order valence-electron chi connectivity index (χ4n) is 11.1. The molecule has 0 fully saturated rings. The number of aliphatic carboxylic acids is 1. The molecular formula is C74H74BrF7N12O8S2. The second-order valence-electron chi connectivity index (χ2n) is 25.2. The highest BCUT2D eigenvalue weighted by molar-refractivity contribution is 7.10. The van der Waals surface area contributed by atoms with Crippen molar-refractivity contribution in [3.05, 3.63) is 234 Å². The molecule has 0 aliphatic carbocycles. The van der Waals surface area contributed by atoms with Crippen molar-refractivity contribution < 1.29 is 96.0 Å². The van der Waals surface area contributed by atoms with Gasteiger partial charge in [-0.1, -0.05) is 77.9 Å². The van der Waals surface area contributed by atoms with Crippen LogP contribution in [0, 0.1) is 73.6 Å². The van der Waals surface area contributed by atoms with Gasteiger partial charge in [0, 0.05) is 79.3 Å². The van der Waals surface area contributed by atoms with E-state index in [1.807, 2.05) is 99.5 Å². The quantitative estimate of drug-likeness (QED) is 0.0195. The highest BCUT2D eigenvalue weighted by atomic mass is 79.9. The van der Waals surface area contributed by atoms with Gasteiger partial charge < -0.3 is 57.2 Å². The monoisotopic (exact) mass is 1530 g/mol. The summed E-state index contributed by atoms with van der Waals surface area (Å²) in [6, 6.07) is 32.5. The van der Waals surface area contributed by atoms with Crippen molar-refractivity contribution in [3.8, 4) is 46.2 Å². The molecule has 0 aliphatic heterocycles. The van der Waals surface area contributed by atoms with Crippen molar-refractivity contribution in [2.75, 3.05) is 13.1 Å². The number of carboxylic acid groups (broad SMARTS) is 1. The third-order valence-electron chi connectivity index (χ3n) is 16.4. The molecule has 0 bridgehead atoms. The molecule has 4 heterocycles. The maximum absolute atomic E-state index is 15.3. The molecule has 0 saturated heterocycles. The van der Waals surface area contributed by atoms with Gasteiger partial charge in [-0.15, -0.1) is 32.0 Å². The van der Waals surface area contributed by atoms with Crippen molar-refractivity contribution in [3.63, 3.8) is 0 Å². The van der Waals surface area contributed by atoms with Gasteiger partial charge in [0.15, 0.2) is 0 Å². The lowest BCUT2D eigenvalue weighted by molar-refractivity contribution is -0.689. The zero-order valence-corrected chi connectivity index (χ0v) is 61.3. The van der Waals surface area contributed by atoms with Crippen LogP contribution >= 0.6 is 22.7 Å². The number of thiazole rings is 2. The van der Waals surface area contributed by atoms with Crippen LogP contribution in [0.3, 0.4) is 0 Å². The number of nitrogens with zero attached hydrogens (tertiary/aromatic N) is 10. The molecule has 546 valence electrons. The number of aliphatic hydroxyl groups is 2. The SMILES string of the molecule is Cc1cc(C[n+]2cnn(C[C@](O)(c3ccc(F)cc3F)[C@@H](C)c3nc(-c4ccc(C#N)cc4)cs3)c2)cc(C)c1OC(=O)CNC(C)C.Cc1cc(C[n+]2cnn(C[C@](O)(c3ccc(F)cc3F)[C@@H](C)c3nc(-c4ccc(C#N)cc4)cs3)c2)cc(C)c1OC(=O)CNC(C)C.O=C([O-])C(F)(F)F.[Br-]. The normalized spacial score (nSPS) is 13.0. The molecule has 4 atom stereocenters. The molecule has 0 spiro atoms. The number of carbonyl (C=O) groups is 3. The maximum Gasteiger partial charge on any atom is 0.430 e. The molecule has 0 aliphatic rings. The van der Waals surface area contributed by atoms with E-state index < -0.39 is 58.5 Å². The number of aryl methyl sites for hydroxylation is 4. The average molecular weight is 1540 g/mol. The zero-order chi connectivity index (χ0) is 75.3. The Morgan fingerprint density at radius 3 is 1.21 bits per heavy atom. The second kappa shape index (κ2) is 35.5. The molecule has 10 rings (SSSR count). The van der Waals surface area contributed by atoms with Crippen LogP contribution in [0.4, 0.5) is 30.7 Å². The Morgan fingerprint density at radius 2 is 0.913 bits per heavy atom. The van der Waals surface area contributed by atoms with Crippen molar-refractivity contribution in [1.82, 2.24) is 40.2 Å². The highest BCUT2D eigenvalue weighted by Crippen LogP contribution is 2.44. The van der Waals surface area contributed by atoms with Crippen LogP contribution in [0.15, 0.2) is 145 Å². The Morgan fingerprint density at radius 1 is 0.577 bits per heavy atom. The fraction of sp³-hybridized carbons (Fsp3) is 0.311. The van der Waals surface area contributed by atoms with Gasteiger partial charge in [0.05, 0.1) is 70.8 Å². The first-order valence-corrected chi connectivity index (χ1v) is 33.9. The molecule has 0 unspecified atom stereocenters. The minimum atomic E-state index is -5.19. The number of halogens is 8. The average Bonchev–Trinajstić information content (AvgIpc) is 1.42. The summed E-state index contributed by atoms with van der Waals surface area (Å²) < 4.78 is 108. The molecule has 0 amide bonds. The summed E-state index contributed by atoms with van der Waals surface area (Å²) in [5, 5.41) is 71.4. The van der Waals surface area contributed by atoms with Crippen LogP contribution in [0.25, 0.3) is 22.5 Å². The smallest absolute Gasteiger partial charge is 0.430 e. The summed E-state index contributed by atoms with van der Waals surface area (Å²) in [5.41, 5.74) is 5.25. The summed E-state index contributed by atoms with van der Waals surface area (Å²) in [6.45, 7) is 19.7. The Kier molecular flexibility index (Phi) is 27.8. The number of nitriles is 2. The second-order valence-corrected chi connectivity index (χ2v) is 27.0. The molecule has 20 nitrogen and oxygen atoms in total. The highest BCUT2D eigenvalue weighted by Gasteiger charge is 2.45. The number of carbonyl (C=O) groups excluding carboxylic acids is 3. The summed E-state index contributed by atoms with van der Waals surface area (Å²) >= 11 is 2.64. The summed E-state index contributed by atoms with van der Waals surface area (Å²) in [6.07, 6.45) is 1.43. The maximum atomic E-state index is 15.3. The minimum Gasteiger partial charge on any atom is -1.00 e. The minimum absolute atomic E-state index is 0. The van der Waals surface area contributed by atoms with Gasteiger partial charge in [-0.05, 0) is 122 Å². The van der Waals surface area contributed by atoms with Gasteiger partial charge in [0.25, 0.3) is 12.7 Å². The van der Waals surface area contributed by atoms with Crippen molar-refractivity contribution in [2.45, 2.75) is 137 Å². The van der Waals surface area contributed by atoms with Gasteiger partial charge >= 0.3 is 18.1 Å². The molecular weight excluding hydrogens is 1460 g/mol. The Hall–Kier alpha value is -9.92. The Balaban J connectivity index is 0.000000264. The number of ether oxygens (including phenoxy) is 2. The molecule has 10 aromatic rings. The molecule has 4 aromatic heterocycles. The lowest BCUT2D eigenvalue weighted by Crippen LogP contribution is -3.00. The van der Waals surface area contributed by atoms with E-state index in [-0.39, 0.29) is 78.3 Å². The van der Waals surface area contributed by atoms with Crippen molar-refractivity contribution in [2.24, 2.45) is 0 Å². The predicted octanol–water partition coefficient (Wildman–Crippen LogP) is 7.71. The third kappa shape index (κ3) is 21.1. The van der Waals surface area contributed by atoms with Crippen LogP contribution in [0.2, 0.25) is 0 Å². The van der Waals surface area contributed by atoms with E-state index >= 15 is 8.78 Å². The number of aromatic nitrogens is 8. The van der Waals surface area contributed by atoms with Crippen LogP contribution in [-0.4, -0.2) is 89.0 Å². The topological polar surface area (TPSA) is 274 Å². The molecule has 104 heavy (non-hydrogen) atoms. The first-order valence-electron chi connectivity index (χ1n) is 32.1. The van der Waals surface area contributed by atoms with E-state index in [2.05, 4.69) is 33.0 Å². The van der Waals surface area contributed by atoms with E-state index in [0.29, 0.717) is 57.1 Å². The van der Waals surface area contributed by atoms with Gasteiger partial charge in [0.1, 0.15) is 65.0 Å².